The molecule has 0 spiro atoms. The number of primary sulfonamides is 1. The maximum Gasteiger partial charge on any atom is 0.257 e. The number of hydrogen-bond donors (Lipinski definition) is 2. The molecule has 120 valence electrons. The maximum atomic E-state index is 12.4. The van der Waals surface area contributed by atoms with Crippen molar-refractivity contribution in [2.24, 2.45) is 5.14 Å². The lowest BCUT2D eigenvalue weighted by Crippen LogP contribution is -2.41. The van der Waals surface area contributed by atoms with E-state index in [1.54, 1.807) is 23.1 Å². The van der Waals surface area contributed by atoms with Gasteiger partial charge in [0.1, 0.15) is 0 Å². The monoisotopic (exact) mass is 331 g/mol. The molecule has 3 rings (SSSR count). The quantitative estimate of drug-likeness (QED) is 0.886. The lowest BCUT2D eigenvalue weighted by molar-refractivity contribution is 0.0760. The van der Waals surface area contributed by atoms with Gasteiger partial charge in [-0.15, -0.1) is 0 Å². The minimum absolute atomic E-state index is 0.000469. The number of carbonyl (C=O) groups is 1. The van der Waals surface area contributed by atoms with Crippen LogP contribution < -0.4 is 10.5 Å². The topological polar surface area (TPSA) is 92.5 Å². The first-order valence-corrected chi connectivity index (χ1v) is 8.74. The highest BCUT2D eigenvalue weighted by molar-refractivity contribution is 7.89. The number of carbonyl (C=O) groups excluding carboxylic acids is 1. The SMILES string of the molecule is NS(=O)(=O)c1ccc(CCN2CNc3ccccc3C2=O)cc1. The van der Waals surface area contributed by atoms with Crippen LogP contribution in [0.25, 0.3) is 0 Å². The Hall–Kier alpha value is -2.38. The summed E-state index contributed by atoms with van der Waals surface area (Å²) in [4.78, 5) is 14.2. The smallest absolute Gasteiger partial charge is 0.257 e. The first-order chi connectivity index (χ1) is 10.9. The molecular formula is C16H17N3O3S. The highest BCUT2D eigenvalue weighted by Crippen LogP contribution is 2.21. The molecule has 1 heterocycles. The van der Waals surface area contributed by atoms with Crippen LogP contribution >= 0.6 is 0 Å². The molecule has 0 saturated carbocycles. The van der Waals surface area contributed by atoms with Crippen molar-refractivity contribution >= 4 is 21.6 Å². The van der Waals surface area contributed by atoms with E-state index in [1.807, 2.05) is 18.2 Å². The molecule has 0 unspecified atom stereocenters. The van der Waals surface area contributed by atoms with Gasteiger partial charge in [0.2, 0.25) is 10.0 Å². The fraction of sp³-hybridized carbons (Fsp3) is 0.188. The summed E-state index contributed by atoms with van der Waals surface area (Å²) in [6.07, 6.45) is 0.639. The Kier molecular flexibility index (Phi) is 4.06. The van der Waals surface area contributed by atoms with Crippen LogP contribution in [-0.4, -0.2) is 32.4 Å². The Bertz CT molecular complexity index is 832. The Morgan fingerprint density at radius 3 is 2.48 bits per heavy atom. The van der Waals surface area contributed by atoms with E-state index in [4.69, 9.17) is 5.14 Å². The van der Waals surface area contributed by atoms with E-state index in [0.29, 0.717) is 25.2 Å². The summed E-state index contributed by atoms with van der Waals surface area (Å²) in [7, 11) is -3.67. The molecule has 0 fully saturated rings. The maximum absolute atomic E-state index is 12.4. The van der Waals surface area contributed by atoms with Crippen LogP contribution in [0.4, 0.5) is 5.69 Å². The van der Waals surface area contributed by atoms with Gasteiger partial charge in [0.15, 0.2) is 0 Å². The van der Waals surface area contributed by atoms with Gasteiger partial charge < -0.3 is 10.2 Å². The zero-order chi connectivity index (χ0) is 16.4. The first kappa shape index (κ1) is 15.5. The average molecular weight is 331 g/mol. The van der Waals surface area contributed by atoms with Gasteiger partial charge in [-0.25, -0.2) is 13.6 Å². The van der Waals surface area contributed by atoms with Crippen molar-refractivity contribution in [3.05, 3.63) is 59.7 Å². The summed E-state index contributed by atoms with van der Waals surface area (Å²) >= 11 is 0. The minimum atomic E-state index is -3.67. The normalized spacial score (nSPS) is 14.3. The van der Waals surface area contributed by atoms with Crippen LogP contribution in [0.2, 0.25) is 0 Å². The molecule has 0 radical (unpaired) electrons. The third-order valence-corrected chi connectivity index (χ3v) is 4.76. The van der Waals surface area contributed by atoms with Crippen molar-refractivity contribution in [3.63, 3.8) is 0 Å². The van der Waals surface area contributed by atoms with Crippen molar-refractivity contribution in [1.82, 2.24) is 4.90 Å². The number of benzene rings is 2. The molecule has 0 aliphatic carbocycles. The minimum Gasteiger partial charge on any atom is -0.367 e. The summed E-state index contributed by atoms with van der Waals surface area (Å²) in [5, 5.41) is 8.29. The third kappa shape index (κ3) is 3.35. The number of nitrogens with two attached hydrogens (primary N) is 1. The van der Waals surface area contributed by atoms with Gasteiger partial charge in [-0.3, -0.25) is 4.79 Å². The van der Waals surface area contributed by atoms with E-state index in [-0.39, 0.29) is 10.8 Å². The zero-order valence-electron chi connectivity index (χ0n) is 12.4. The molecule has 0 bridgehead atoms. The molecule has 3 N–H and O–H groups in total. The van der Waals surface area contributed by atoms with Crippen molar-refractivity contribution in [2.75, 3.05) is 18.5 Å². The molecule has 6 nitrogen and oxygen atoms in total. The first-order valence-electron chi connectivity index (χ1n) is 7.19. The molecule has 0 aromatic heterocycles. The van der Waals surface area contributed by atoms with Gasteiger partial charge in [0.25, 0.3) is 5.91 Å². The van der Waals surface area contributed by atoms with Gasteiger partial charge in [-0.2, -0.15) is 0 Å². The van der Waals surface area contributed by atoms with Crippen molar-refractivity contribution in [3.8, 4) is 0 Å². The Morgan fingerprint density at radius 2 is 1.78 bits per heavy atom. The van der Waals surface area contributed by atoms with Crippen LogP contribution in [0.3, 0.4) is 0 Å². The van der Waals surface area contributed by atoms with E-state index in [2.05, 4.69) is 5.32 Å². The van der Waals surface area contributed by atoms with E-state index < -0.39 is 10.0 Å². The second-order valence-electron chi connectivity index (χ2n) is 5.39. The van der Waals surface area contributed by atoms with Crippen LogP contribution in [0, 0.1) is 0 Å². The number of fused-ring (bicyclic) bond motifs is 1. The Morgan fingerprint density at radius 1 is 1.09 bits per heavy atom. The van der Waals surface area contributed by atoms with E-state index >= 15 is 0 Å². The molecule has 7 heteroatoms. The predicted molar refractivity (Wildman–Crippen MR) is 87.5 cm³/mol. The van der Waals surface area contributed by atoms with Gasteiger partial charge >= 0.3 is 0 Å². The fourth-order valence-electron chi connectivity index (χ4n) is 2.54. The molecule has 1 amide bonds. The predicted octanol–water partition coefficient (Wildman–Crippen LogP) is 1.40. The number of nitrogens with zero attached hydrogens (tertiary/aromatic N) is 1. The molecule has 0 atom stereocenters. The van der Waals surface area contributed by atoms with Gasteiger partial charge in [0, 0.05) is 12.2 Å². The summed E-state index contributed by atoms with van der Waals surface area (Å²) in [5.41, 5.74) is 2.47. The molecule has 23 heavy (non-hydrogen) atoms. The summed E-state index contributed by atoms with van der Waals surface area (Å²) in [6.45, 7) is 1.01. The fourth-order valence-corrected chi connectivity index (χ4v) is 3.05. The molecular weight excluding hydrogens is 314 g/mol. The van der Waals surface area contributed by atoms with Crippen molar-refractivity contribution in [1.29, 1.82) is 0 Å². The lowest BCUT2D eigenvalue weighted by Gasteiger charge is -2.29. The van der Waals surface area contributed by atoms with E-state index in [1.165, 1.54) is 12.1 Å². The molecule has 2 aromatic carbocycles. The number of sulfonamides is 1. The van der Waals surface area contributed by atoms with Crippen LogP contribution in [0.15, 0.2) is 53.4 Å². The standard InChI is InChI=1S/C16H17N3O3S/c17-23(21,22)13-7-5-12(6-8-13)9-10-19-11-18-15-4-2-1-3-14(15)16(19)20/h1-8,18H,9-11H2,(H2,17,21,22). The highest BCUT2D eigenvalue weighted by atomic mass is 32.2. The van der Waals surface area contributed by atoms with Crippen molar-refractivity contribution < 1.29 is 13.2 Å². The second kappa shape index (κ2) is 6.02. The number of anilines is 1. The Labute approximate surface area is 135 Å². The third-order valence-electron chi connectivity index (χ3n) is 3.83. The van der Waals surface area contributed by atoms with Crippen LogP contribution in [0.1, 0.15) is 15.9 Å². The zero-order valence-corrected chi connectivity index (χ0v) is 13.2. The number of hydrogen-bond acceptors (Lipinski definition) is 4. The second-order valence-corrected chi connectivity index (χ2v) is 6.95. The van der Waals surface area contributed by atoms with E-state index in [0.717, 1.165) is 11.3 Å². The molecule has 1 aliphatic heterocycles. The average Bonchev–Trinajstić information content (AvgIpc) is 2.54. The van der Waals surface area contributed by atoms with E-state index in [9.17, 15) is 13.2 Å². The highest BCUT2D eigenvalue weighted by Gasteiger charge is 2.22. The van der Waals surface area contributed by atoms with Gasteiger partial charge in [-0.1, -0.05) is 24.3 Å². The largest absolute Gasteiger partial charge is 0.367 e. The summed E-state index contributed by atoms with van der Waals surface area (Å²) in [6, 6.07) is 13.8. The van der Waals surface area contributed by atoms with Crippen LogP contribution in [-0.2, 0) is 16.4 Å². The van der Waals surface area contributed by atoms with Crippen LogP contribution in [0.5, 0.6) is 0 Å². The molecule has 0 saturated heterocycles. The number of para-hydroxylation sites is 1. The summed E-state index contributed by atoms with van der Waals surface area (Å²) in [5.74, 6) is 0.000469. The molecule has 1 aliphatic rings. The van der Waals surface area contributed by atoms with Gasteiger partial charge in [0.05, 0.1) is 17.1 Å². The number of nitrogens with one attached hydrogen (secondary N) is 1. The number of amides is 1. The summed E-state index contributed by atoms with van der Waals surface area (Å²) < 4.78 is 22.5. The number of rotatable bonds is 4. The lowest BCUT2D eigenvalue weighted by atomic mass is 10.1. The van der Waals surface area contributed by atoms with Crippen molar-refractivity contribution in [2.45, 2.75) is 11.3 Å². The van der Waals surface area contributed by atoms with Gasteiger partial charge in [-0.05, 0) is 36.2 Å². The molecule has 2 aromatic rings. The Balaban J connectivity index is 1.66.